The summed E-state index contributed by atoms with van der Waals surface area (Å²) in [5, 5.41) is 1.44. The van der Waals surface area contributed by atoms with E-state index in [1.807, 2.05) is 0 Å². The minimum atomic E-state index is -0.173. The van der Waals surface area contributed by atoms with Gasteiger partial charge in [-0.25, -0.2) is 0 Å². The summed E-state index contributed by atoms with van der Waals surface area (Å²) in [4.78, 5) is 5.74. The minimum Gasteiger partial charge on any atom is -0.311 e. The van der Waals surface area contributed by atoms with Gasteiger partial charge in [0.05, 0.1) is 17.1 Å². The zero-order chi connectivity index (χ0) is 59.0. The van der Waals surface area contributed by atoms with Gasteiger partial charge >= 0.3 is 0 Å². The van der Waals surface area contributed by atoms with Crippen LogP contribution in [0.3, 0.4) is 0 Å². The molecule has 7 aromatic carbocycles. The molecule has 0 radical (unpaired) electrons. The van der Waals surface area contributed by atoms with E-state index in [4.69, 9.17) is 0 Å². The Balaban J connectivity index is 1.14. The Hall–Kier alpha value is -5.84. The van der Waals surface area contributed by atoms with Gasteiger partial charge in [0.2, 0.25) is 0 Å². The van der Waals surface area contributed by atoms with Crippen LogP contribution < -0.4 is 25.5 Å². The van der Waals surface area contributed by atoms with E-state index >= 15 is 0 Å². The van der Waals surface area contributed by atoms with Crippen molar-refractivity contribution in [2.24, 2.45) is 0 Å². The summed E-state index contributed by atoms with van der Waals surface area (Å²) >= 11 is 2.13. The molecule has 0 spiro atoms. The largest absolute Gasteiger partial charge is 0.311 e. The maximum absolute atomic E-state index is 2.89. The molecule has 84 heavy (non-hydrogen) atoms. The van der Waals surface area contributed by atoms with Gasteiger partial charge in [-0.05, 0) is 240 Å². The molecule has 4 heteroatoms. The molecule has 0 N–H and O–H groups in total. The van der Waals surface area contributed by atoms with Gasteiger partial charge in [-0.1, -0.05) is 184 Å². The number of thiophene rings is 1. The lowest BCUT2D eigenvalue weighted by atomic mass is 9.35. The first-order valence-corrected chi connectivity index (χ1v) is 33.3. The van der Waals surface area contributed by atoms with Crippen molar-refractivity contribution < 1.29 is 0 Å². The molecule has 0 amide bonds. The molecule has 0 atom stereocenters. The summed E-state index contributed by atoms with van der Waals surface area (Å²) in [7, 11) is 0. The second-order valence-corrected chi connectivity index (χ2v) is 34.5. The van der Waals surface area contributed by atoms with Crippen molar-refractivity contribution >= 4 is 78.0 Å². The van der Waals surface area contributed by atoms with E-state index in [2.05, 4.69) is 260 Å². The molecule has 2 bridgehead atoms. The number of hydrogen-bond acceptors (Lipinski definition) is 3. The molecular weight excluding hydrogens is 1030 g/mol. The second kappa shape index (κ2) is 17.4. The van der Waals surface area contributed by atoms with Crippen molar-refractivity contribution in [1.82, 2.24) is 0 Å². The Bertz CT molecular complexity index is 4110. The molecule has 1 aromatic heterocycles. The zero-order valence-corrected chi connectivity index (χ0v) is 54.8. The first kappa shape index (κ1) is 54.8. The van der Waals surface area contributed by atoms with Gasteiger partial charge in [0.15, 0.2) is 0 Å². The minimum absolute atomic E-state index is 0.000239. The smallest absolute Gasteiger partial charge is 0.264 e. The van der Waals surface area contributed by atoms with Crippen LogP contribution in [0.15, 0.2) is 121 Å². The predicted molar refractivity (Wildman–Crippen MR) is 364 cm³/mol. The molecule has 6 aliphatic carbocycles. The molecule has 430 valence electrons. The van der Waals surface area contributed by atoms with Crippen molar-refractivity contribution in [3.63, 3.8) is 0 Å². The van der Waals surface area contributed by atoms with Crippen LogP contribution in [0.1, 0.15) is 232 Å². The van der Waals surface area contributed by atoms with E-state index in [1.165, 1.54) is 166 Å². The summed E-state index contributed by atoms with van der Waals surface area (Å²) in [6, 6.07) is 50.1. The van der Waals surface area contributed by atoms with Crippen molar-refractivity contribution in [2.75, 3.05) is 9.80 Å². The van der Waals surface area contributed by atoms with E-state index in [-0.39, 0.29) is 55.4 Å². The molecule has 3 heterocycles. The molecule has 2 nitrogen and oxygen atoms in total. The van der Waals surface area contributed by atoms with Gasteiger partial charge in [0.1, 0.15) is 0 Å². The Labute approximate surface area is 509 Å². The summed E-state index contributed by atoms with van der Waals surface area (Å²) in [5.74, 6) is 0. The Kier molecular flexibility index (Phi) is 11.4. The van der Waals surface area contributed by atoms with Crippen molar-refractivity contribution in [1.29, 1.82) is 0 Å². The van der Waals surface area contributed by atoms with Gasteiger partial charge in [-0.2, -0.15) is 0 Å². The third-order valence-corrected chi connectivity index (χ3v) is 25.2. The normalized spacial score (nSPS) is 23.9. The fourth-order valence-electron chi connectivity index (χ4n) is 17.7. The average molecular weight is 1120 g/mol. The standard InChI is InChI=1S/C80H91BN2S/c1-72(2,3)50-38-66-69-67(39-50)83(64-45-58-55(74(6,7)29-32-77(58,12)13)41-52(64)49-26-22-19-23-27-49)70-53-42-60-61(80(17)36-34-79(60,16)35-37-80)47-68(53)84-71(70)81(69)62-43-56-59(78(14,15)33-30-75(56,8)9)46-65(62)82(66)63-44-57-54(73(4,5)28-31-76(57,10)11)40-51(63)48-24-20-18-21-25-48/h18-27,38-47H,28-37H2,1-17H3. The lowest BCUT2D eigenvalue weighted by Gasteiger charge is -2.52. The van der Waals surface area contributed by atoms with E-state index in [9.17, 15) is 0 Å². The van der Waals surface area contributed by atoms with E-state index in [0.717, 1.165) is 19.3 Å². The van der Waals surface area contributed by atoms with Gasteiger partial charge in [-0.15, -0.1) is 11.3 Å². The third kappa shape index (κ3) is 7.78. The zero-order valence-electron chi connectivity index (χ0n) is 54.0. The molecule has 2 aliphatic heterocycles. The van der Waals surface area contributed by atoms with Crippen LogP contribution in [-0.4, -0.2) is 6.71 Å². The Morgan fingerprint density at radius 2 is 0.762 bits per heavy atom. The number of benzene rings is 7. The molecule has 0 saturated heterocycles. The monoisotopic (exact) mass is 1120 g/mol. The van der Waals surface area contributed by atoms with Gasteiger partial charge < -0.3 is 9.80 Å². The molecule has 1 saturated carbocycles. The van der Waals surface area contributed by atoms with Crippen LogP contribution in [0.4, 0.5) is 34.1 Å². The van der Waals surface area contributed by atoms with Gasteiger partial charge in [-0.3, -0.25) is 0 Å². The first-order valence-electron chi connectivity index (χ1n) is 32.5. The van der Waals surface area contributed by atoms with Crippen LogP contribution in [0.5, 0.6) is 0 Å². The van der Waals surface area contributed by atoms with Crippen molar-refractivity contribution in [2.45, 2.75) is 231 Å². The number of hydrogen-bond donors (Lipinski definition) is 0. The Morgan fingerprint density at radius 1 is 0.381 bits per heavy atom. The molecule has 0 unspecified atom stereocenters. The highest BCUT2D eigenvalue weighted by molar-refractivity contribution is 7.33. The molecule has 8 aromatic rings. The average Bonchev–Trinajstić information content (AvgIpc) is 1.22. The van der Waals surface area contributed by atoms with Crippen LogP contribution in [0.25, 0.3) is 32.3 Å². The topological polar surface area (TPSA) is 6.48 Å². The quantitative estimate of drug-likeness (QED) is 0.162. The number of fused-ring (bicyclic) bond motifs is 11. The lowest BCUT2D eigenvalue weighted by Crippen LogP contribution is -2.61. The summed E-state index contributed by atoms with van der Waals surface area (Å²) in [6.07, 6.45) is 12.1. The van der Waals surface area contributed by atoms with Crippen molar-refractivity contribution in [3.05, 3.63) is 171 Å². The van der Waals surface area contributed by atoms with Gasteiger partial charge in [0.25, 0.3) is 6.71 Å². The fourth-order valence-corrected chi connectivity index (χ4v) is 19.0. The van der Waals surface area contributed by atoms with Crippen LogP contribution >= 0.6 is 11.3 Å². The van der Waals surface area contributed by atoms with Crippen molar-refractivity contribution in [3.8, 4) is 22.3 Å². The number of rotatable bonds is 4. The molecule has 16 rings (SSSR count). The van der Waals surface area contributed by atoms with E-state index in [1.54, 1.807) is 11.1 Å². The lowest BCUT2D eigenvalue weighted by molar-refractivity contribution is 0.188. The third-order valence-electron chi connectivity index (χ3n) is 24.0. The fraction of sp³-hybridized carbons (Fsp3) is 0.450. The van der Waals surface area contributed by atoms with Crippen LogP contribution in [0.2, 0.25) is 0 Å². The summed E-state index contributed by atoms with van der Waals surface area (Å²) in [6.45, 7) is 42.8. The second-order valence-electron chi connectivity index (χ2n) is 33.4. The number of nitrogens with zero attached hydrogens (tertiary/aromatic N) is 2. The molecule has 8 aliphatic rings. The maximum atomic E-state index is 2.89. The summed E-state index contributed by atoms with van der Waals surface area (Å²) < 4.78 is 2.94. The highest BCUT2D eigenvalue weighted by Gasteiger charge is 2.53. The highest BCUT2D eigenvalue weighted by atomic mass is 32.1. The SMILES string of the molecule is CC(C)(C)c1cc2c3c(c1)N(c1cc4c(cc1-c1ccccc1)C(C)(C)CCC4(C)C)c1c(sc4cc5c(cc14)C1(C)CCC5(C)CC1)B3c1cc3c(cc1N2c1cc2c(cc1-c1ccccc1)C(C)(C)CCC2(C)C)C(C)(C)CCC3(C)C. The van der Waals surface area contributed by atoms with E-state index < -0.39 is 0 Å². The predicted octanol–water partition coefficient (Wildman–Crippen LogP) is 20.8. The highest BCUT2D eigenvalue weighted by Crippen LogP contribution is 2.61. The van der Waals surface area contributed by atoms with Crippen LogP contribution in [0, 0.1) is 0 Å². The Morgan fingerprint density at radius 3 is 1.20 bits per heavy atom. The number of anilines is 6. The molecule has 1 fully saturated rings. The first-order chi connectivity index (χ1) is 39.4. The van der Waals surface area contributed by atoms with Crippen LogP contribution in [-0.2, 0) is 48.7 Å². The maximum Gasteiger partial charge on any atom is 0.264 e. The van der Waals surface area contributed by atoms with Gasteiger partial charge in [0, 0.05) is 43.1 Å². The summed E-state index contributed by atoms with van der Waals surface area (Å²) in [5.41, 5.74) is 30.1. The van der Waals surface area contributed by atoms with E-state index in [0.29, 0.717) is 0 Å². The molecular formula is C80H91BN2S.